The first-order chi connectivity index (χ1) is 15.3. The van der Waals surface area contributed by atoms with E-state index in [0.29, 0.717) is 5.56 Å². The maximum absolute atomic E-state index is 12.5. The van der Waals surface area contributed by atoms with Crippen molar-refractivity contribution < 1.29 is 4.79 Å². The van der Waals surface area contributed by atoms with Crippen LogP contribution in [-0.2, 0) is 6.54 Å². The van der Waals surface area contributed by atoms with Crippen LogP contribution in [0, 0.1) is 0 Å². The predicted octanol–water partition coefficient (Wildman–Crippen LogP) is 2.45. The molecule has 3 aromatic rings. The van der Waals surface area contributed by atoms with Crippen molar-refractivity contribution in [2.45, 2.75) is 24.9 Å². The number of rotatable bonds is 4. The number of hydrogen-bond acceptors (Lipinski definition) is 7. The van der Waals surface area contributed by atoms with Gasteiger partial charge in [-0.25, -0.2) is 10.4 Å². The topological polar surface area (TPSA) is 98.3 Å². The number of nitrogens with one attached hydrogen (secondary N) is 3. The lowest BCUT2D eigenvalue weighted by Gasteiger charge is -2.31. The lowest BCUT2D eigenvalue weighted by atomic mass is 9.82. The summed E-state index contributed by atoms with van der Waals surface area (Å²) in [5.41, 5.74) is 12.5. The number of hydrazine groups is 1. The highest BCUT2D eigenvalue weighted by molar-refractivity contribution is 6.20. The Hall–Kier alpha value is -3.36. The number of likely N-dealkylation sites (tertiary alicyclic amines) is 1. The number of aromatic nitrogens is 3. The molecule has 1 aromatic heterocycles. The number of aromatic amines is 1. The predicted molar refractivity (Wildman–Crippen MR) is 117 cm³/mol. The molecule has 2 aromatic carbocycles. The molecule has 0 amide bonds. The Balaban J connectivity index is 1.42. The van der Waals surface area contributed by atoms with E-state index in [0.717, 1.165) is 34.9 Å². The Kier molecular flexibility index (Phi) is 4.40. The van der Waals surface area contributed by atoms with Gasteiger partial charge in [0.15, 0.2) is 5.78 Å². The molecule has 4 heterocycles. The van der Waals surface area contributed by atoms with Gasteiger partial charge in [-0.3, -0.25) is 19.8 Å². The molecule has 0 bridgehead atoms. The SMILES string of the molecule is O=C1CN=C2c3c(cccc31)NNC(c1ccc(CN3CCC3)cc1)C2c1ncn[nH]1. The molecule has 3 aliphatic heterocycles. The van der Waals surface area contributed by atoms with Crippen LogP contribution >= 0.6 is 0 Å². The number of carbonyl (C=O) groups excluding carboxylic acids is 1. The summed E-state index contributed by atoms with van der Waals surface area (Å²) in [5, 5.41) is 7.12. The van der Waals surface area contributed by atoms with Gasteiger partial charge in [0, 0.05) is 17.7 Å². The van der Waals surface area contributed by atoms with Gasteiger partial charge in [0.1, 0.15) is 18.7 Å². The van der Waals surface area contributed by atoms with Crippen molar-refractivity contribution in [3.63, 3.8) is 0 Å². The van der Waals surface area contributed by atoms with E-state index in [1.54, 1.807) is 0 Å². The zero-order valence-electron chi connectivity index (χ0n) is 17.0. The highest BCUT2D eigenvalue weighted by Gasteiger charge is 2.39. The lowest BCUT2D eigenvalue weighted by molar-refractivity contribution is 0.1000. The third-order valence-corrected chi connectivity index (χ3v) is 6.43. The van der Waals surface area contributed by atoms with Crippen LogP contribution in [0.25, 0.3) is 0 Å². The van der Waals surface area contributed by atoms with E-state index in [2.05, 4.69) is 55.2 Å². The Labute approximate surface area is 179 Å². The first-order valence-corrected chi connectivity index (χ1v) is 10.7. The van der Waals surface area contributed by atoms with Gasteiger partial charge < -0.3 is 5.43 Å². The Morgan fingerprint density at radius 2 is 1.97 bits per heavy atom. The highest BCUT2D eigenvalue weighted by Crippen LogP contribution is 2.39. The Morgan fingerprint density at radius 1 is 1.10 bits per heavy atom. The largest absolute Gasteiger partial charge is 0.320 e. The molecule has 3 aliphatic rings. The molecule has 8 heteroatoms. The molecule has 2 atom stereocenters. The van der Waals surface area contributed by atoms with E-state index < -0.39 is 0 Å². The Bertz CT molecular complexity index is 1150. The smallest absolute Gasteiger partial charge is 0.184 e. The normalized spacial score (nSPS) is 22.7. The number of Topliss-reactive ketones (excluding diaryl/α,β-unsaturated/α-hetero) is 1. The number of anilines is 1. The first-order valence-electron chi connectivity index (χ1n) is 10.7. The van der Waals surface area contributed by atoms with Gasteiger partial charge in [-0.1, -0.05) is 36.4 Å². The van der Waals surface area contributed by atoms with Crippen LogP contribution < -0.4 is 10.9 Å². The molecule has 0 radical (unpaired) electrons. The summed E-state index contributed by atoms with van der Waals surface area (Å²) >= 11 is 0. The molecule has 0 spiro atoms. The second-order valence-corrected chi connectivity index (χ2v) is 8.32. The van der Waals surface area contributed by atoms with E-state index in [9.17, 15) is 4.79 Å². The van der Waals surface area contributed by atoms with Crippen LogP contribution in [0.5, 0.6) is 0 Å². The van der Waals surface area contributed by atoms with Gasteiger partial charge in [0.2, 0.25) is 0 Å². The molecule has 0 aliphatic carbocycles. The van der Waals surface area contributed by atoms with Crippen molar-refractivity contribution >= 4 is 17.2 Å². The van der Waals surface area contributed by atoms with Crippen LogP contribution in [0.1, 0.15) is 51.3 Å². The number of carbonyl (C=O) groups is 1. The van der Waals surface area contributed by atoms with Crippen molar-refractivity contribution in [3.8, 4) is 0 Å². The monoisotopic (exact) mass is 413 g/mol. The van der Waals surface area contributed by atoms with Crippen LogP contribution in [0.3, 0.4) is 0 Å². The average molecular weight is 413 g/mol. The average Bonchev–Trinajstić information content (AvgIpc) is 3.24. The number of ketones is 1. The minimum Gasteiger partial charge on any atom is -0.320 e. The fraction of sp³-hybridized carbons (Fsp3) is 0.304. The fourth-order valence-corrected chi connectivity index (χ4v) is 4.69. The lowest BCUT2D eigenvalue weighted by Crippen LogP contribution is -2.36. The molecule has 1 fully saturated rings. The summed E-state index contributed by atoms with van der Waals surface area (Å²) in [6.45, 7) is 3.51. The molecule has 1 saturated heterocycles. The summed E-state index contributed by atoms with van der Waals surface area (Å²) in [6.07, 6.45) is 2.81. The third-order valence-electron chi connectivity index (χ3n) is 6.43. The number of benzene rings is 2. The minimum atomic E-state index is -0.216. The molecule has 6 rings (SSSR count). The van der Waals surface area contributed by atoms with Crippen molar-refractivity contribution in [3.05, 3.63) is 76.9 Å². The van der Waals surface area contributed by atoms with Gasteiger partial charge in [-0.05, 0) is 36.7 Å². The van der Waals surface area contributed by atoms with E-state index in [-0.39, 0.29) is 24.3 Å². The summed E-state index contributed by atoms with van der Waals surface area (Å²) < 4.78 is 0. The van der Waals surface area contributed by atoms with E-state index in [4.69, 9.17) is 4.99 Å². The van der Waals surface area contributed by atoms with Gasteiger partial charge in [-0.15, -0.1) is 0 Å². The zero-order chi connectivity index (χ0) is 20.8. The number of H-pyrrole nitrogens is 1. The molecule has 3 N–H and O–H groups in total. The van der Waals surface area contributed by atoms with Crippen molar-refractivity contribution in [2.75, 3.05) is 25.1 Å². The highest BCUT2D eigenvalue weighted by atomic mass is 16.1. The summed E-state index contributed by atoms with van der Waals surface area (Å²) in [7, 11) is 0. The second-order valence-electron chi connectivity index (χ2n) is 8.32. The maximum Gasteiger partial charge on any atom is 0.184 e. The molecule has 0 saturated carbocycles. The molecule has 156 valence electrons. The number of aliphatic imine (C=N–C) groups is 1. The molecule has 31 heavy (non-hydrogen) atoms. The fourth-order valence-electron chi connectivity index (χ4n) is 4.69. The van der Waals surface area contributed by atoms with Gasteiger partial charge >= 0.3 is 0 Å². The molecule has 8 nitrogen and oxygen atoms in total. The van der Waals surface area contributed by atoms with Gasteiger partial charge in [0.05, 0.1) is 23.4 Å². The summed E-state index contributed by atoms with van der Waals surface area (Å²) in [5.74, 6) is 0.541. The molecular formula is C23H23N7O. The van der Waals surface area contributed by atoms with Crippen LogP contribution in [-0.4, -0.2) is 51.2 Å². The maximum atomic E-state index is 12.5. The standard InChI is InChI=1S/C23H23N7O/c31-18-11-24-22-19-16(18)3-1-4-17(19)27-28-21(20(22)23-25-13-26-29-23)15-7-5-14(6-8-15)12-30-9-2-10-30/h1,3-8,13,20-21,27-28H,2,9-12H2,(H,25,26,29). The minimum absolute atomic E-state index is 0.0347. The van der Waals surface area contributed by atoms with Crippen LogP contribution in [0.4, 0.5) is 5.69 Å². The number of nitrogens with zero attached hydrogens (tertiary/aromatic N) is 4. The van der Waals surface area contributed by atoms with Gasteiger partial charge in [0.25, 0.3) is 0 Å². The zero-order valence-corrected chi connectivity index (χ0v) is 17.0. The molecule has 2 unspecified atom stereocenters. The van der Waals surface area contributed by atoms with Crippen molar-refractivity contribution in [1.82, 2.24) is 25.5 Å². The van der Waals surface area contributed by atoms with Gasteiger partial charge in [-0.2, -0.15) is 5.10 Å². The Morgan fingerprint density at radius 3 is 2.71 bits per heavy atom. The second kappa shape index (κ2) is 7.40. The van der Waals surface area contributed by atoms with Crippen LogP contribution in [0.15, 0.2) is 53.8 Å². The van der Waals surface area contributed by atoms with Crippen LogP contribution in [0.2, 0.25) is 0 Å². The third kappa shape index (κ3) is 3.15. The first kappa shape index (κ1) is 18.4. The quantitative estimate of drug-likeness (QED) is 0.608. The van der Waals surface area contributed by atoms with Crippen molar-refractivity contribution in [1.29, 1.82) is 0 Å². The molecular weight excluding hydrogens is 390 g/mol. The van der Waals surface area contributed by atoms with Crippen molar-refractivity contribution in [2.24, 2.45) is 4.99 Å². The van der Waals surface area contributed by atoms with E-state index >= 15 is 0 Å². The number of hydrogen-bond donors (Lipinski definition) is 3. The summed E-state index contributed by atoms with van der Waals surface area (Å²) in [4.78, 5) is 24.2. The van der Waals surface area contributed by atoms with E-state index in [1.807, 2.05) is 18.2 Å². The summed E-state index contributed by atoms with van der Waals surface area (Å²) in [6, 6.07) is 14.3. The van der Waals surface area contributed by atoms with E-state index in [1.165, 1.54) is 31.4 Å².